The Balaban J connectivity index is 2.03. The van der Waals surface area contributed by atoms with Gasteiger partial charge in [0, 0.05) is 26.6 Å². The molecule has 0 aliphatic carbocycles. The number of hydrogen-bond acceptors (Lipinski definition) is 5. The smallest absolute Gasteiger partial charge is 0.238 e. The van der Waals surface area contributed by atoms with Gasteiger partial charge in [-0.15, -0.1) is 11.8 Å². The minimum absolute atomic E-state index is 0.0539. The molecule has 8 heteroatoms. The first-order valence-corrected chi connectivity index (χ1v) is 6.88. The van der Waals surface area contributed by atoms with Gasteiger partial charge in [-0.2, -0.15) is 0 Å². The third-order valence-corrected chi connectivity index (χ3v) is 3.28. The number of thioether (sulfide) groups is 1. The fourth-order valence-electron chi connectivity index (χ4n) is 1.39. The molecule has 102 valence electrons. The highest BCUT2D eigenvalue weighted by molar-refractivity contribution is 8.00. The highest BCUT2D eigenvalue weighted by atomic mass is 32.2. The Morgan fingerprint density at radius 3 is 2.72 bits per heavy atom. The molecule has 3 amide bonds. The first-order chi connectivity index (χ1) is 8.63. The third-order valence-electron chi connectivity index (χ3n) is 2.35. The Morgan fingerprint density at radius 2 is 2.11 bits per heavy atom. The Morgan fingerprint density at radius 1 is 1.39 bits per heavy atom. The maximum Gasteiger partial charge on any atom is 0.238 e. The Bertz CT molecular complexity index is 324. The minimum Gasteiger partial charge on any atom is -0.358 e. The van der Waals surface area contributed by atoms with Gasteiger partial charge >= 0.3 is 0 Å². The molecule has 1 aliphatic rings. The summed E-state index contributed by atoms with van der Waals surface area (Å²) in [7, 11) is 1.56. The van der Waals surface area contributed by atoms with E-state index >= 15 is 0 Å². The molecule has 1 rings (SSSR count). The van der Waals surface area contributed by atoms with Crippen molar-refractivity contribution in [1.29, 1.82) is 0 Å². The van der Waals surface area contributed by atoms with Crippen LogP contribution in [0.3, 0.4) is 0 Å². The molecule has 1 heterocycles. The van der Waals surface area contributed by atoms with Crippen LogP contribution in [0, 0.1) is 0 Å². The van der Waals surface area contributed by atoms with Gasteiger partial charge in [-0.05, 0) is 0 Å². The zero-order valence-electron chi connectivity index (χ0n) is 10.3. The van der Waals surface area contributed by atoms with Crippen molar-refractivity contribution >= 4 is 29.5 Å². The van der Waals surface area contributed by atoms with E-state index in [1.807, 2.05) is 0 Å². The van der Waals surface area contributed by atoms with Crippen molar-refractivity contribution in [3.05, 3.63) is 0 Å². The molecule has 3 N–H and O–H groups in total. The molecule has 0 bridgehead atoms. The minimum atomic E-state index is -0.129. The summed E-state index contributed by atoms with van der Waals surface area (Å²) in [5.74, 6) is 0.346. The Labute approximate surface area is 110 Å². The molecular formula is C10H18N4O3S. The molecule has 7 nitrogen and oxygen atoms in total. The summed E-state index contributed by atoms with van der Waals surface area (Å²) in [5.41, 5.74) is 2.92. The van der Waals surface area contributed by atoms with Crippen molar-refractivity contribution in [2.75, 3.05) is 38.2 Å². The highest BCUT2D eigenvalue weighted by Crippen LogP contribution is 1.99. The van der Waals surface area contributed by atoms with Gasteiger partial charge in [-0.25, -0.2) is 5.43 Å². The third kappa shape index (κ3) is 5.37. The number of rotatable bonds is 7. The zero-order valence-corrected chi connectivity index (χ0v) is 11.1. The quantitative estimate of drug-likeness (QED) is 0.516. The van der Waals surface area contributed by atoms with Crippen LogP contribution in [-0.4, -0.2) is 60.9 Å². The first-order valence-electron chi connectivity index (χ1n) is 5.72. The van der Waals surface area contributed by atoms with Crippen LogP contribution in [0.1, 0.15) is 6.42 Å². The summed E-state index contributed by atoms with van der Waals surface area (Å²) < 4.78 is 0. The molecule has 0 aromatic carbocycles. The summed E-state index contributed by atoms with van der Waals surface area (Å²) in [5, 5.41) is 6.69. The summed E-state index contributed by atoms with van der Waals surface area (Å²) in [4.78, 5) is 33.5. The zero-order chi connectivity index (χ0) is 13.4. The Hall–Kier alpha value is -1.28. The fourth-order valence-corrected chi connectivity index (χ4v) is 2.11. The Kier molecular flexibility index (Phi) is 6.51. The number of amides is 3. The molecular weight excluding hydrogens is 256 g/mol. The predicted octanol–water partition coefficient (Wildman–Crippen LogP) is -1.68. The second-order valence-electron chi connectivity index (χ2n) is 3.72. The summed E-state index contributed by atoms with van der Waals surface area (Å²) in [6.45, 7) is 1.54. The average molecular weight is 274 g/mol. The summed E-state index contributed by atoms with van der Waals surface area (Å²) >= 11 is 1.26. The van der Waals surface area contributed by atoms with Crippen molar-refractivity contribution in [3.8, 4) is 0 Å². The standard InChI is InChI=1S/C10H18N4O3S/c1-11-8(15)6-18-7-9(16)12-4-5-14-10(17)2-3-13-14/h13H,2-7H2,1H3,(H,11,15)(H,12,16). The number of hydrazine groups is 1. The van der Waals surface area contributed by atoms with Crippen molar-refractivity contribution in [3.63, 3.8) is 0 Å². The van der Waals surface area contributed by atoms with Crippen molar-refractivity contribution in [2.45, 2.75) is 6.42 Å². The highest BCUT2D eigenvalue weighted by Gasteiger charge is 2.18. The molecule has 0 radical (unpaired) electrons. The van der Waals surface area contributed by atoms with Gasteiger partial charge in [-0.3, -0.25) is 19.4 Å². The number of nitrogens with one attached hydrogen (secondary N) is 3. The molecule has 1 fully saturated rings. The van der Waals surface area contributed by atoms with E-state index < -0.39 is 0 Å². The van der Waals surface area contributed by atoms with E-state index in [4.69, 9.17) is 0 Å². The molecule has 0 saturated carbocycles. The molecule has 1 saturated heterocycles. The van der Waals surface area contributed by atoms with Gasteiger partial charge < -0.3 is 10.6 Å². The van der Waals surface area contributed by atoms with E-state index in [1.165, 1.54) is 16.8 Å². The van der Waals surface area contributed by atoms with E-state index in [0.717, 1.165) is 0 Å². The van der Waals surface area contributed by atoms with E-state index in [9.17, 15) is 14.4 Å². The normalized spacial score (nSPS) is 14.7. The largest absolute Gasteiger partial charge is 0.358 e. The lowest BCUT2D eigenvalue weighted by Gasteiger charge is -2.15. The van der Waals surface area contributed by atoms with Crippen LogP contribution in [0.5, 0.6) is 0 Å². The van der Waals surface area contributed by atoms with E-state index in [2.05, 4.69) is 16.1 Å². The van der Waals surface area contributed by atoms with Crippen molar-refractivity contribution in [1.82, 2.24) is 21.1 Å². The molecule has 0 aromatic rings. The summed E-state index contributed by atoms with van der Waals surface area (Å²) in [6, 6.07) is 0. The van der Waals surface area contributed by atoms with E-state index in [-0.39, 0.29) is 29.2 Å². The molecule has 0 atom stereocenters. The number of carbonyl (C=O) groups is 3. The average Bonchev–Trinajstić information content (AvgIpc) is 2.75. The lowest BCUT2D eigenvalue weighted by Crippen LogP contribution is -2.41. The fraction of sp³-hybridized carbons (Fsp3) is 0.700. The van der Waals surface area contributed by atoms with Gasteiger partial charge in [0.25, 0.3) is 0 Å². The first kappa shape index (κ1) is 14.8. The maximum absolute atomic E-state index is 11.4. The molecule has 0 aromatic heterocycles. The molecule has 0 spiro atoms. The van der Waals surface area contributed by atoms with Gasteiger partial charge in [-0.1, -0.05) is 0 Å². The topological polar surface area (TPSA) is 90.5 Å². The van der Waals surface area contributed by atoms with Gasteiger partial charge in [0.2, 0.25) is 17.7 Å². The lowest BCUT2D eigenvalue weighted by molar-refractivity contribution is -0.130. The second-order valence-corrected chi connectivity index (χ2v) is 4.71. The second kappa shape index (κ2) is 7.93. The van der Waals surface area contributed by atoms with Crippen LogP contribution in [0.15, 0.2) is 0 Å². The predicted molar refractivity (Wildman–Crippen MR) is 68.7 cm³/mol. The van der Waals surface area contributed by atoms with Crippen LogP contribution in [0.2, 0.25) is 0 Å². The molecule has 18 heavy (non-hydrogen) atoms. The van der Waals surface area contributed by atoms with Crippen molar-refractivity contribution in [2.24, 2.45) is 0 Å². The monoisotopic (exact) mass is 274 g/mol. The van der Waals surface area contributed by atoms with Gasteiger partial charge in [0.15, 0.2) is 0 Å². The number of hydrogen-bond donors (Lipinski definition) is 3. The molecule has 0 unspecified atom stereocenters. The summed E-state index contributed by atoms with van der Waals surface area (Å²) in [6.07, 6.45) is 0.510. The van der Waals surface area contributed by atoms with Gasteiger partial charge in [0.1, 0.15) is 0 Å². The number of nitrogens with zero attached hydrogens (tertiary/aromatic N) is 1. The molecule has 1 aliphatic heterocycles. The number of carbonyl (C=O) groups excluding carboxylic acids is 3. The van der Waals surface area contributed by atoms with Crippen LogP contribution >= 0.6 is 11.8 Å². The maximum atomic E-state index is 11.4. The van der Waals surface area contributed by atoms with Crippen LogP contribution in [-0.2, 0) is 14.4 Å². The van der Waals surface area contributed by atoms with Crippen molar-refractivity contribution < 1.29 is 14.4 Å². The van der Waals surface area contributed by atoms with Crippen LogP contribution in [0.4, 0.5) is 0 Å². The van der Waals surface area contributed by atoms with Crippen LogP contribution in [0.25, 0.3) is 0 Å². The lowest BCUT2D eigenvalue weighted by atomic mass is 10.4. The van der Waals surface area contributed by atoms with E-state index in [0.29, 0.717) is 26.1 Å². The SMILES string of the molecule is CNC(=O)CSCC(=O)NCCN1NCCC1=O. The van der Waals surface area contributed by atoms with Crippen LogP contribution < -0.4 is 16.1 Å². The van der Waals surface area contributed by atoms with E-state index in [1.54, 1.807) is 7.05 Å². The van der Waals surface area contributed by atoms with Gasteiger partial charge in [0.05, 0.1) is 18.1 Å².